The summed E-state index contributed by atoms with van der Waals surface area (Å²) in [7, 11) is 1.25. The van der Waals surface area contributed by atoms with Crippen molar-refractivity contribution in [3.05, 3.63) is 41.2 Å². The molecular formula is C16H17Cl2NO4. The first-order valence-corrected chi connectivity index (χ1v) is 7.80. The predicted molar refractivity (Wildman–Crippen MR) is 87.1 cm³/mol. The summed E-state index contributed by atoms with van der Waals surface area (Å²) in [4.78, 5) is 26.9. The fraction of sp³-hybridized carbons (Fsp3) is 0.438. The van der Waals surface area contributed by atoms with Gasteiger partial charge in [0.25, 0.3) is 0 Å². The number of ether oxygens (including phenoxy) is 2. The molecule has 0 radical (unpaired) electrons. The summed E-state index contributed by atoms with van der Waals surface area (Å²) in [5.41, 5.74) is 1.31. The Morgan fingerprint density at radius 1 is 1.30 bits per heavy atom. The molecule has 1 aliphatic carbocycles. The van der Waals surface area contributed by atoms with Gasteiger partial charge in [0.05, 0.1) is 28.5 Å². The highest BCUT2D eigenvalue weighted by atomic mass is 35.5. The smallest absolute Gasteiger partial charge is 0.340 e. The summed E-state index contributed by atoms with van der Waals surface area (Å²) in [6, 6.07) is 1.36. The summed E-state index contributed by atoms with van der Waals surface area (Å²) in [5, 5.41) is -0.562. The highest BCUT2D eigenvalue weighted by Gasteiger charge is 2.41. The van der Waals surface area contributed by atoms with Crippen molar-refractivity contribution in [2.75, 3.05) is 7.11 Å². The quantitative estimate of drug-likeness (QED) is 0.471. The maximum Gasteiger partial charge on any atom is 0.340 e. The van der Waals surface area contributed by atoms with Crippen molar-refractivity contribution in [3.8, 4) is 0 Å². The maximum atomic E-state index is 12.3. The Bertz CT molecular complexity index is 657. The van der Waals surface area contributed by atoms with Crippen LogP contribution >= 0.6 is 23.2 Å². The van der Waals surface area contributed by atoms with Gasteiger partial charge in [-0.15, -0.1) is 23.2 Å². The molecule has 5 nitrogen and oxygen atoms in total. The van der Waals surface area contributed by atoms with E-state index in [0.717, 1.165) is 5.57 Å². The molecule has 0 saturated carbocycles. The third-order valence-electron chi connectivity index (χ3n) is 3.57. The zero-order chi connectivity index (χ0) is 17.2. The monoisotopic (exact) mass is 357 g/mol. The van der Waals surface area contributed by atoms with Gasteiger partial charge in [-0.05, 0) is 32.4 Å². The van der Waals surface area contributed by atoms with Gasteiger partial charge in [0, 0.05) is 12.4 Å². The lowest BCUT2D eigenvalue weighted by Gasteiger charge is -2.36. The fourth-order valence-corrected chi connectivity index (χ4v) is 3.01. The Labute approximate surface area is 144 Å². The third kappa shape index (κ3) is 4.03. The lowest BCUT2D eigenvalue weighted by Crippen LogP contribution is -2.43. The Morgan fingerprint density at radius 3 is 2.52 bits per heavy atom. The van der Waals surface area contributed by atoms with E-state index in [1.807, 2.05) is 13.8 Å². The van der Waals surface area contributed by atoms with Crippen molar-refractivity contribution in [1.82, 2.24) is 4.98 Å². The van der Waals surface area contributed by atoms with Crippen LogP contribution in [-0.2, 0) is 9.47 Å². The normalized spacial score (nSPS) is 27.1. The van der Waals surface area contributed by atoms with Gasteiger partial charge in [0.2, 0.25) is 0 Å². The van der Waals surface area contributed by atoms with E-state index in [0.29, 0.717) is 6.42 Å². The number of allylic oxidation sites excluding steroid dienone is 1. The minimum Gasteiger partial charge on any atom is -0.465 e. The zero-order valence-corrected chi connectivity index (χ0v) is 14.5. The van der Waals surface area contributed by atoms with Crippen molar-refractivity contribution in [2.45, 2.75) is 36.6 Å². The Kier molecular flexibility index (Phi) is 5.32. The maximum absolute atomic E-state index is 12.3. The number of pyridine rings is 1. The number of aromatic nitrogens is 1. The second-order valence-corrected chi connectivity index (χ2v) is 7.03. The number of carbonyl (C=O) groups excluding carboxylic acids is 2. The molecule has 1 aromatic heterocycles. The average Bonchev–Trinajstić information content (AvgIpc) is 2.51. The highest BCUT2D eigenvalue weighted by molar-refractivity contribution is 6.33. The van der Waals surface area contributed by atoms with Crippen LogP contribution in [0.4, 0.5) is 0 Å². The van der Waals surface area contributed by atoms with Gasteiger partial charge in [-0.25, -0.2) is 9.59 Å². The molecule has 1 aromatic rings. The van der Waals surface area contributed by atoms with Crippen LogP contribution in [0.15, 0.2) is 30.1 Å². The molecular weight excluding hydrogens is 341 g/mol. The number of carbonyl (C=O) groups is 2. The van der Waals surface area contributed by atoms with Gasteiger partial charge >= 0.3 is 11.9 Å². The van der Waals surface area contributed by atoms with Crippen molar-refractivity contribution in [1.29, 1.82) is 0 Å². The predicted octanol–water partition coefficient (Wildman–Crippen LogP) is 3.35. The van der Waals surface area contributed by atoms with E-state index in [4.69, 9.17) is 27.9 Å². The van der Waals surface area contributed by atoms with E-state index in [1.54, 1.807) is 6.08 Å². The number of nitrogens with zero attached hydrogens (tertiary/aromatic N) is 1. The Balaban J connectivity index is 2.19. The summed E-state index contributed by atoms with van der Waals surface area (Å²) < 4.78 is 10.0. The van der Waals surface area contributed by atoms with Crippen molar-refractivity contribution < 1.29 is 19.1 Å². The number of rotatable bonds is 3. The van der Waals surface area contributed by atoms with E-state index in [9.17, 15) is 9.59 Å². The molecule has 2 rings (SSSR count). The first-order valence-electron chi connectivity index (χ1n) is 6.99. The van der Waals surface area contributed by atoms with Crippen LogP contribution in [0.5, 0.6) is 0 Å². The molecule has 124 valence electrons. The molecule has 0 aromatic carbocycles. The van der Waals surface area contributed by atoms with Crippen LogP contribution < -0.4 is 0 Å². The van der Waals surface area contributed by atoms with E-state index >= 15 is 0 Å². The summed E-state index contributed by atoms with van der Waals surface area (Å²) in [6.45, 7) is 3.71. The van der Waals surface area contributed by atoms with Gasteiger partial charge < -0.3 is 9.47 Å². The van der Waals surface area contributed by atoms with Gasteiger partial charge in [-0.3, -0.25) is 4.98 Å². The van der Waals surface area contributed by atoms with Gasteiger partial charge in [0.1, 0.15) is 6.10 Å². The Morgan fingerprint density at radius 2 is 1.91 bits per heavy atom. The van der Waals surface area contributed by atoms with Crippen LogP contribution in [0, 0.1) is 0 Å². The van der Waals surface area contributed by atoms with Crippen molar-refractivity contribution in [2.24, 2.45) is 0 Å². The molecule has 7 heteroatoms. The van der Waals surface area contributed by atoms with Crippen LogP contribution in [0.2, 0.25) is 0 Å². The minimum absolute atomic E-state index is 0.143. The second kappa shape index (κ2) is 6.89. The number of alkyl halides is 2. The van der Waals surface area contributed by atoms with Crippen LogP contribution in [0.25, 0.3) is 0 Å². The molecule has 0 bridgehead atoms. The van der Waals surface area contributed by atoms with Gasteiger partial charge in [-0.2, -0.15) is 0 Å². The molecule has 0 saturated heterocycles. The molecule has 23 heavy (non-hydrogen) atoms. The summed E-state index contributed by atoms with van der Waals surface area (Å²) in [5.74, 6) is -1.21. The standard InChI is InChI=1S/C16H17Cl2NO4/c1-9-4-12(13(17)16(2,18)6-9)23-15(21)11-5-10(7-19-8-11)14(20)22-3/h4-5,7-8,12-13H,6H2,1-3H3. The second-order valence-electron chi connectivity index (χ2n) is 5.69. The molecule has 0 spiro atoms. The van der Waals surface area contributed by atoms with Gasteiger partial charge in [0.15, 0.2) is 0 Å². The largest absolute Gasteiger partial charge is 0.465 e. The summed E-state index contributed by atoms with van der Waals surface area (Å²) >= 11 is 12.7. The van der Waals surface area contributed by atoms with Crippen molar-refractivity contribution >= 4 is 35.1 Å². The Hall–Kier alpha value is -1.59. The first-order chi connectivity index (χ1) is 10.7. The molecule has 0 fully saturated rings. The topological polar surface area (TPSA) is 65.5 Å². The highest BCUT2D eigenvalue weighted by Crippen LogP contribution is 2.38. The van der Waals surface area contributed by atoms with Crippen LogP contribution in [-0.4, -0.2) is 40.4 Å². The van der Waals surface area contributed by atoms with Crippen LogP contribution in [0.1, 0.15) is 41.0 Å². The lowest BCUT2D eigenvalue weighted by molar-refractivity contribution is 0.0358. The minimum atomic E-state index is -0.697. The van der Waals surface area contributed by atoms with E-state index in [-0.39, 0.29) is 11.1 Å². The van der Waals surface area contributed by atoms with E-state index < -0.39 is 28.3 Å². The molecule has 0 N–H and O–H groups in total. The number of hydrogen-bond donors (Lipinski definition) is 0. The number of halogens is 2. The molecule has 0 amide bonds. The first kappa shape index (κ1) is 17.8. The third-order valence-corrected chi connectivity index (χ3v) is 4.79. The zero-order valence-electron chi connectivity index (χ0n) is 13.0. The van der Waals surface area contributed by atoms with E-state index in [2.05, 4.69) is 9.72 Å². The lowest BCUT2D eigenvalue weighted by atomic mass is 9.88. The van der Waals surface area contributed by atoms with E-state index in [1.165, 1.54) is 25.6 Å². The fourth-order valence-electron chi connectivity index (χ4n) is 2.48. The molecule has 0 aliphatic heterocycles. The average molecular weight is 358 g/mol. The summed E-state index contributed by atoms with van der Waals surface area (Å²) in [6.07, 6.45) is 4.39. The number of hydrogen-bond acceptors (Lipinski definition) is 5. The van der Waals surface area contributed by atoms with Crippen molar-refractivity contribution in [3.63, 3.8) is 0 Å². The molecule has 1 aliphatic rings. The van der Waals surface area contributed by atoms with Crippen LogP contribution in [0.3, 0.4) is 0 Å². The number of esters is 2. The molecule has 1 heterocycles. The SMILES string of the molecule is COC(=O)c1cncc(C(=O)OC2C=C(C)CC(C)(Cl)C2Cl)c1. The molecule has 3 unspecified atom stereocenters. The number of methoxy groups -OCH3 is 1. The molecule has 3 atom stereocenters. The van der Waals surface area contributed by atoms with Gasteiger partial charge in [-0.1, -0.05) is 5.57 Å².